The second kappa shape index (κ2) is 8.94. The SMILES string of the molecule is COc1ccc(C2CCCN2C(=O)C(Cc2ccccc2)n2cnnn2)c(OC)c1. The normalized spacial score (nSPS) is 17.0. The molecule has 1 aliphatic heterocycles. The summed E-state index contributed by atoms with van der Waals surface area (Å²) in [4.78, 5) is 15.6. The van der Waals surface area contributed by atoms with E-state index in [1.165, 1.54) is 6.33 Å². The third-order valence-corrected chi connectivity index (χ3v) is 5.58. The third kappa shape index (κ3) is 3.98. The Morgan fingerprint density at radius 1 is 1.17 bits per heavy atom. The number of hydrogen-bond acceptors (Lipinski definition) is 6. The fourth-order valence-electron chi connectivity index (χ4n) is 4.08. The van der Waals surface area contributed by atoms with Crippen LogP contribution in [0.1, 0.15) is 36.1 Å². The molecule has 2 unspecified atom stereocenters. The Balaban J connectivity index is 1.64. The molecule has 1 aromatic heterocycles. The van der Waals surface area contributed by atoms with Crippen LogP contribution in [0.3, 0.4) is 0 Å². The Labute approximate surface area is 175 Å². The number of ether oxygens (including phenoxy) is 2. The summed E-state index contributed by atoms with van der Waals surface area (Å²) in [6, 6.07) is 15.1. The topological polar surface area (TPSA) is 82.4 Å². The molecule has 1 amide bonds. The van der Waals surface area contributed by atoms with Crippen molar-refractivity contribution in [2.24, 2.45) is 0 Å². The van der Waals surface area contributed by atoms with Gasteiger partial charge in [-0.15, -0.1) is 5.10 Å². The van der Waals surface area contributed by atoms with Crippen molar-refractivity contribution in [3.63, 3.8) is 0 Å². The molecule has 4 rings (SSSR count). The molecule has 8 heteroatoms. The molecule has 0 radical (unpaired) electrons. The van der Waals surface area contributed by atoms with Crippen LogP contribution in [0.2, 0.25) is 0 Å². The largest absolute Gasteiger partial charge is 0.497 e. The predicted octanol–water partition coefficient (Wildman–Crippen LogP) is 2.84. The maximum atomic E-state index is 13.7. The maximum absolute atomic E-state index is 13.7. The highest BCUT2D eigenvalue weighted by Crippen LogP contribution is 2.39. The fraction of sp³-hybridized carbons (Fsp3) is 0.364. The van der Waals surface area contributed by atoms with Gasteiger partial charge in [-0.3, -0.25) is 4.79 Å². The minimum atomic E-state index is -0.507. The van der Waals surface area contributed by atoms with E-state index >= 15 is 0 Å². The van der Waals surface area contributed by atoms with Gasteiger partial charge in [-0.2, -0.15) is 0 Å². The number of nitrogens with zero attached hydrogens (tertiary/aromatic N) is 5. The van der Waals surface area contributed by atoms with Gasteiger partial charge in [-0.1, -0.05) is 30.3 Å². The van der Waals surface area contributed by atoms with Crippen molar-refractivity contribution in [1.82, 2.24) is 25.1 Å². The average molecular weight is 407 g/mol. The Morgan fingerprint density at radius 3 is 2.70 bits per heavy atom. The number of hydrogen-bond donors (Lipinski definition) is 0. The fourth-order valence-corrected chi connectivity index (χ4v) is 4.08. The van der Waals surface area contributed by atoms with Crippen LogP contribution in [0.25, 0.3) is 0 Å². The summed E-state index contributed by atoms with van der Waals surface area (Å²) in [7, 11) is 3.26. The molecule has 0 spiro atoms. The van der Waals surface area contributed by atoms with E-state index in [-0.39, 0.29) is 11.9 Å². The monoisotopic (exact) mass is 407 g/mol. The van der Waals surface area contributed by atoms with Gasteiger partial charge in [0.1, 0.15) is 23.9 Å². The van der Waals surface area contributed by atoms with E-state index in [2.05, 4.69) is 15.5 Å². The number of tetrazole rings is 1. The summed E-state index contributed by atoms with van der Waals surface area (Å²) in [6.07, 6.45) is 3.83. The summed E-state index contributed by atoms with van der Waals surface area (Å²) < 4.78 is 12.5. The Kier molecular flexibility index (Phi) is 5.92. The molecule has 8 nitrogen and oxygen atoms in total. The summed E-state index contributed by atoms with van der Waals surface area (Å²) >= 11 is 0. The van der Waals surface area contributed by atoms with Gasteiger partial charge in [0, 0.05) is 24.6 Å². The highest BCUT2D eigenvalue weighted by atomic mass is 16.5. The number of aromatic nitrogens is 4. The lowest BCUT2D eigenvalue weighted by molar-refractivity contribution is -0.136. The molecule has 2 aromatic carbocycles. The van der Waals surface area contributed by atoms with E-state index in [1.54, 1.807) is 18.9 Å². The summed E-state index contributed by atoms with van der Waals surface area (Å²) in [5.41, 5.74) is 2.04. The Bertz CT molecular complexity index is 978. The standard InChI is InChI=1S/C22H25N5O3/c1-29-17-10-11-18(21(14-17)30-2)19-9-6-12-26(19)22(28)20(27-15-23-24-25-27)13-16-7-4-3-5-8-16/h3-5,7-8,10-11,14-15,19-20H,6,9,12-13H2,1-2H3. The predicted molar refractivity (Wildman–Crippen MR) is 110 cm³/mol. The summed E-state index contributed by atoms with van der Waals surface area (Å²) in [6.45, 7) is 0.687. The van der Waals surface area contributed by atoms with Gasteiger partial charge in [0.25, 0.3) is 0 Å². The van der Waals surface area contributed by atoms with Crippen LogP contribution in [-0.2, 0) is 11.2 Å². The van der Waals surface area contributed by atoms with Crippen molar-refractivity contribution < 1.29 is 14.3 Å². The first-order valence-electron chi connectivity index (χ1n) is 10.00. The van der Waals surface area contributed by atoms with Gasteiger partial charge in [-0.05, 0) is 41.0 Å². The number of likely N-dealkylation sites (tertiary alicyclic amines) is 1. The first-order chi connectivity index (χ1) is 14.7. The van der Waals surface area contributed by atoms with Crippen molar-refractivity contribution in [1.29, 1.82) is 0 Å². The smallest absolute Gasteiger partial charge is 0.248 e. The molecule has 1 saturated heterocycles. The van der Waals surface area contributed by atoms with Gasteiger partial charge < -0.3 is 14.4 Å². The van der Waals surface area contributed by atoms with Gasteiger partial charge in [-0.25, -0.2) is 4.68 Å². The van der Waals surface area contributed by atoms with Crippen LogP contribution in [0.5, 0.6) is 11.5 Å². The van der Waals surface area contributed by atoms with E-state index in [0.29, 0.717) is 13.0 Å². The average Bonchev–Trinajstić information content (AvgIpc) is 3.49. The van der Waals surface area contributed by atoms with Crippen LogP contribution >= 0.6 is 0 Å². The van der Waals surface area contributed by atoms with Gasteiger partial charge >= 0.3 is 0 Å². The van der Waals surface area contributed by atoms with Crippen LogP contribution in [0.15, 0.2) is 54.9 Å². The van der Waals surface area contributed by atoms with Gasteiger partial charge in [0.2, 0.25) is 5.91 Å². The Hall–Kier alpha value is -3.42. The molecule has 0 aliphatic carbocycles. The molecule has 3 aromatic rings. The summed E-state index contributed by atoms with van der Waals surface area (Å²) in [5.74, 6) is 1.45. The Morgan fingerprint density at radius 2 is 2.00 bits per heavy atom. The molecular formula is C22H25N5O3. The molecule has 0 saturated carbocycles. The number of rotatable bonds is 7. The van der Waals surface area contributed by atoms with Crippen molar-refractivity contribution in [3.8, 4) is 11.5 Å². The number of benzene rings is 2. The highest BCUT2D eigenvalue weighted by Gasteiger charge is 2.36. The quantitative estimate of drug-likeness (QED) is 0.599. The van der Waals surface area contributed by atoms with Crippen LogP contribution in [0, 0.1) is 0 Å². The zero-order valence-corrected chi connectivity index (χ0v) is 17.1. The summed E-state index contributed by atoms with van der Waals surface area (Å²) in [5, 5.41) is 11.5. The van der Waals surface area contributed by atoms with E-state index in [1.807, 2.05) is 53.4 Å². The van der Waals surface area contributed by atoms with Crippen LogP contribution in [-0.4, -0.2) is 51.8 Å². The van der Waals surface area contributed by atoms with Crippen molar-refractivity contribution in [2.45, 2.75) is 31.3 Å². The van der Waals surface area contributed by atoms with E-state index in [4.69, 9.17) is 9.47 Å². The molecule has 1 fully saturated rings. The molecule has 156 valence electrons. The third-order valence-electron chi connectivity index (χ3n) is 5.58. The molecule has 0 bridgehead atoms. The highest BCUT2D eigenvalue weighted by molar-refractivity contribution is 5.81. The van der Waals surface area contributed by atoms with Crippen molar-refractivity contribution in [2.75, 3.05) is 20.8 Å². The molecule has 2 heterocycles. The molecule has 0 N–H and O–H groups in total. The second-order valence-corrected chi connectivity index (χ2v) is 7.29. The maximum Gasteiger partial charge on any atom is 0.248 e. The first-order valence-corrected chi connectivity index (χ1v) is 10.00. The molecule has 2 atom stereocenters. The zero-order valence-electron chi connectivity index (χ0n) is 17.1. The van der Waals surface area contributed by atoms with Crippen molar-refractivity contribution >= 4 is 5.91 Å². The lowest BCUT2D eigenvalue weighted by Crippen LogP contribution is -2.38. The minimum Gasteiger partial charge on any atom is -0.497 e. The van der Waals surface area contributed by atoms with Crippen molar-refractivity contribution in [3.05, 3.63) is 66.0 Å². The second-order valence-electron chi connectivity index (χ2n) is 7.29. The lowest BCUT2D eigenvalue weighted by Gasteiger charge is -2.30. The number of carbonyl (C=O) groups is 1. The van der Waals surface area contributed by atoms with E-state index in [0.717, 1.165) is 35.5 Å². The minimum absolute atomic E-state index is 0.00604. The lowest BCUT2D eigenvalue weighted by atomic mass is 10.0. The van der Waals surface area contributed by atoms with E-state index in [9.17, 15) is 4.79 Å². The first kappa shape index (κ1) is 19.9. The van der Waals surface area contributed by atoms with Gasteiger partial charge in [0.15, 0.2) is 0 Å². The van der Waals surface area contributed by atoms with E-state index < -0.39 is 6.04 Å². The molecule has 1 aliphatic rings. The molecular weight excluding hydrogens is 382 g/mol. The zero-order chi connectivity index (χ0) is 20.9. The number of carbonyl (C=O) groups excluding carboxylic acids is 1. The van der Waals surface area contributed by atoms with Gasteiger partial charge in [0.05, 0.1) is 20.3 Å². The number of methoxy groups -OCH3 is 2. The number of amides is 1. The molecule has 30 heavy (non-hydrogen) atoms. The van der Waals surface area contributed by atoms with Crippen LogP contribution < -0.4 is 9.47 Å². The van der Waals surface area contributed by atoms with Crippen LogP contribution in [0.4, 0.5) is 0 Å².